The fourth-order valence-corrected chi connectivity index (χ4v) is 2.36. The number of benzene rings is 2. The van der Waals surface area contributed by atoms with Crippen LogP contribution in [0.1, 0.15) is 20.8 Å². The highest BCUT2D eigenvalue weighted by Crippen LogP contribution is 2.31. The van der Waals surface area contributed by atoms with Gasteiger partial charge < -0.3 is 0 Å². The third kappa shape index (κ3) is 3.37. The first-order chi connectivity index (χ1) is 8.88. The van der Waals surface area contributed by atoms with Crippen LogP contribution in [0.2, 0.25) is 0 Å². The molecule has 0 unspecified atom stereocenters. The van der Waals surface area contributed by atoms with E-state index in [4.69, 9.17) is 0 Å². The van der Waals surface area contributed by atoms with Crippen LogP contribution in [0, 0.1) is 0 Å². The van der Waals surface area contributed by atoms with Gasteiger partial charge in [-0.2, -0.15) is 0 Å². The molecular weight excluding hydrogens is 302 g/mol. The second-order valence-corrected chi connectivity index (χ2v) is 6.46. The second kappa shape index (κ2) is 5.35. The molecule has 2 rings (SSSR count). The standard InChI is InChI=1S/C16H18BrNO/c1-16(2,3)18(19)15-10-13(9-14(17)11-15)12-7-5-4-6-8-12/h4-11,19H,1-3H3. The molecule has 0 amide bonds. The first kappa shape index (κ1) is 14.1. The minimum Gasteiger partial charge on any atom is -0.288 e. The quantitative estimate of drug-likeness (QED) is 0.777. The Labute approximate surface area is 122 Å². The molecule has 0 aliphatic heterocycles. The van der Waals surface area contributed by atoms with Gasteiger partial charge in [0.1, 0.15) is 0 Å². The lowest BCUT2D eigenvalue weighted by molar-refractivity contribution is 0.181. The Hall–Kier alpha value is -1.32. The van der Waals surface area contributed by atoms with E-state index in [9.17, 15) is 5.21 Å². The zero-order valence-corrected chi connectivity index (χ0v) is 13.0. The van der Waals surface area contributed by atoms with Gasteiger partial charge >= 0.3 is 0 Å². The molecule has 0 atom stereocenters. The summed E-state index contributed by atoms with van der Waals surface area (Å²) in [4.78, 5) is 0. The van der Waals surface area contributed by atoms with E-state index in [-0.39, 0.29) is 5.54 Å². The largest absolute Gasteiger partial charge is 0.288 e. The molecule has 0 fully saturated rings. The lowest BCUT2D eigenvalue weighted by atomic mass is 10.0. The van der Waals surface area contributed by atoms with Crippen LogP contribution in [-0.2, 0) is 0 Å². The number of nitrogens with zero attached hydrogens (tertiary/aromatic N) is 1. The molecule has 0 aromatic heterocycles. The number of rotatable bonds is 2. The van der Waals surface area contributed by atoms with Crippen molar-refractivity contribution in [2.45, 2.75) is 26.3 Å². The molecule has 2 nitrogen and oxygen atoms in total. The smallest absolute Gasteiger partial charge is 0.0657 e. The first-order valence-corrected chi connectivity index (χ1v) is 7.02. The predicted octanol–water partition coefficient (Wildman–Crippen LogP) is 5.11. The third-order valence-electron chi connectivity index (χ3n) is 2.87. The lowest BCUT2D eigenvalue weighted by Gasteiger charge is -2.31. The Morgan fingerprint density at radius 2 is 1.58 bits per heavy atom. The van der Waals surface area contributed by atoms with E-state index in [2.05, 4.69) is 34.1 Å². The topological polar surface area (TPSA) is 23.5 Å². The van der Waals surface area contributed by atoms with Crippen molar-refractivity contribution in [2.24, 2.45) is 0 Å². The van der Waals surface area contributed by atoms with Crippen molar-refractivity contribution in [3.8, 4) is 11.1 Å². The highest BCUT2D eigenvalue weighted by Gasteiger charge is 2.20. The maximum absolute atomic E-state index is 10.3. The van der Waals surface area contributed by atoms with E-state index in [0.717, 1.165) is 21.3 Å². The van der Waals surface area contributed by atoms with Crippen molar-refractivity contribution in [1.82, 2.24) is 0 Å². The van der Waals surface area contributed by atoms with Crippen LogP contribution in [0.3, 0.4) is 0 Å². The summed E-state index contributed by atoms with van der Waals surface area (Å²) >= 11 is 3.51. The maximum Gasteiger partial charge on any atom is 0.0657 e. The van der Waals surface area contributed by atoms with E-state index in [0.29, 0.717) is 0 Å². The Bertz CT molecular complexity index is 561. The fraction of sp³-hybridized carbons (Fsp3) is 0.250. The number of hydroxylamine groups is 1. The van der Waals surface area contributed by atoms with E-state index >= 15 is 0 Å². The summed E-state index contributed by atoms with van der Waals surface area (Å²) in [6.07, 6.45) is 0. The molecular formula is C16H18BrNO. The van der Waals surface area contributed by atoms with Gasteiger partial charge in [0.25, 0.3) is 0 Å². The van der Waals surface area contributed by atoms with Gasteiger partial charge in [0, 0.05) is 4.47 Å². The molecule has 2 aromatic carbocycles. The van der Waals surface area contributed by atoms with Gasteiger partial charge in [-0.25, -0.2) is 0 Å². The molecule has 0 heterocycles. The SMILES string of the molecule is CC(C)(C)N(O)c1cc(Br)cc(-c2ccccc2)c1. The molecule has 0 radical (unpaired) electrons. The molecule has 2 aromatic rings. The molecule has 0 bridgehead atoms. The fourth-order valence-electron chi connectivity index (χ4n) is 1.88. The number of anilines is 1. The second-order valence-electron chi connectivity index (χ2n) is 5.55. The van der Waals surface area contributed by atoms with Crippen molar-refractivity contribution < 1.29 is 5.21 Å². The van der Waals surface area contributed by atoms with E-state index < -0.39 is 0 Å². The van der Waals surface area contributed by atoms with Gasteiger partial charge in [0.05, 0.1) is 11.2 Å². The van der Waals surface area contributed by atoms with E-state index in [1.54, 1.807) is 0 Å². The summed E-state index contributed by atoms with van der Waals surface area (Å²) in [5.41, 5.74) is 2.65. The van der Waals surface area contributed by atoms with Gasteiger partial charge in [-0.3, -0.25) is 10.3 Å². The summed E-state index contributed by atoms with van der Waals surface area (Å²) in [6.45, 7) is 5.91. The summed E-state index contributed by atoms with van der Waals surface area (Å²) < 4.78 is 0.951. The van der Waals surface area contributed by atoms with Crippen LogP contribution in [0.4, 0.5) is 5.69 Å². The number of hydrogen-bond acceptors (Lipinski definition) is 2. The van der Waals surface area contributed by atoms with Gasteiger partial charge in [-0.1, -0.05) is 46.3 Å². The molecule has 19 heavy (non-hydrogen) atoms. The van der Waals surface area contributed by atoms with Crippen LogP contribution in [0.15, 0.2) is 53.0 Å². The van der Waals surface area contributed by atoms with Gasteiger partial charge in [-0.05, 0) is 50.1 Å². The van der Waals surface area contributed by atoms with Gasteiger partial charge in [-0.15, -0.1) is 0 Å². The zero-order valence-electron chi connectivity index (χ0n) is 11.4. The minimum absolute atomic E-state index is 0.339. The van der Waals surface area contributed by atoms with Crippen LogP contribution < -0.4 is 5.06 Å². The highest BCUT2D eigenvalue weighted by atomic mass is 79.9. The average Bonchev–Trinajstić information content (AvgIpc) is 2.37. The molecule has 0 aliphatic carbocycles. The molecule has 3 heteroatoms. The predicted molar refractivity (Wildman–Crippen MR) is 83.6 cm³/mol. The van der Waals surface area contributed by atoms with Gasteiger partial charge in [0.15, 0.2) is 0 Å². The normalized spacial score (nSPS) is 11.4. The van der Waals surface area contributed by atoms with E-state index in [1.165, 1.54) is 5.06 Å². The monoisotopic (exact) mass is 319 g/mol. The Balaban J connectivity index is 2.47. The number of halogens is 1. The first-order valence-electron chi connectivity index (χ1n) is 6.23. The molecule has 0 spiro atoms. The average molecular weight is 320 g/mol. The van der Waals surface area contributed by atoms with Crippen LogP contribution in [0.25, 0.3) is 11.1 Å². The van der Waals surface area contributed by atoms with Crippen molar-refractivity contribution >= 4 is 21.6 Å². The molecule has 0 saturated carbocycles. The van der Waals surface area contributed by atoms with Crippen molar-refractivity contribution in [3.63, 3.8) is 0 Å². The molecule has 1 N–H and O–H groups in total. The summed E-state index contributed by atoms with van der Waals surface area (Å²) in [7, 11) is 0. The lowest BCUT2D eigenvalue weighted by Crippen LogP contribution is -2.38. The summed E-state index contributed by atoms with van der Waals surface area (Å²) in [6, 6.07) is 16.1. The molecule has 100 valence electrons. The Kier molecular flexibility index (Phi) is 3.97. The third-order valence-corrected chi connectivity index (χ3v) is 3.33. The molecule has 0 saturated heterocycles. The number of hydrogen-bond donors (Lipinski definition) is 1. The summed E-state index contributed by atoms with van der Waals surface area (Å²) in [5.74, 6) is 0. The van der Waals surface area contributed by atoms with Gasteiger partial charge in [0.2, 0.25) is 0 Å². The Morgan fingerprint density at radius 3 is 2.16 bits per heavy atom. The minimum atomic E-state index is -0.339. The van der Waals surface area contributed by atoms with Crippen LogP contribution in [-0.4, -0.2) is 10.7 Å². The molecule has 0 aliphatic rings. The highest BCUT2D eigenvalue weighted by molar-refractivity contribution is 9.10. The maximum atomic E-state index is 10.3. The van der Waals surface area contributed by atoms with Crippen LogP contribution >= 0.6 is 15.9 Å². The van der Waals surface area contributed by atoms with Crippen LogP contribution in [0.5, 0.6) is 0 Å². The summed E-state index contributed by atoms with van der Waals surface area (Å²) in [5, 5.41) is 11.6. The van der Waals surface area contributed by atoms with Crippen molar-refractivity contribution in [2.75, 3.05) is 5.06 Å². The Morgan fingerprint density at radius 1 is 0.947 bits per heavy atom. The zero-order chi connectivity index (χ0) is 14.0. The van der Waals surface area contributed by atoms with Crippen molar-refractivity contribution in [3.05, 3.63) is 53.0 Å². The van der Waals surface area contributed by atoms with E-state index in [1.807, 2.05) is 51.1 Å². The van der Waals surface area contributed by atoms with Crippen molar-refractivity contribution in [1.29, 1.82) is 0 Å².